The lowest BCUT2D eigenvalue weighted by Crippen LogP contribution is -2.48. The predicted molar refractivity (Wildman–Crippen MR) is 91.0 cm³/mol. The number of halogens is 3. The number of aromatic amines is 1. The van der Waals surface area contributed by atoms with E-state index in [2.05, 4.69) is 30.7 Å². The molecule has 1 aliphatic rings. The van der Waals surface area contributed by atoms with Gasteiger partial charge < -0.3 is 10.2 Å². The highest BCUT2D eigenvalue weighted by Crippen LogP contribution is 2.30. The molecule has 2 N–H and O–H groups in total. The maximum absolute atomic E-state index is 12.4. The average molecular weight is 379 g/mol. The van der Waals surface area contributed by atoms with Crippen LogP contribution in [0.15, 0.2) is 18.5 Å². The summed E-state index contributed by atoms with van der Waals surface area (Å²) in [5.41, 5.74) is 1.10. The van der Waals surface area contributed by atoms with Crippen LogP contribution in [0.3, 0.4) is 0 Å². The molecule has 3 aromatic heterocycles. The number of H-pyrrole nitrogens is 1. The maximum Gasteiger partial charge on any atom is 0.397 e. The normalized spacial score (nSPS) is 18.2. The minimum atomic E-state index is -4.51. The summed E-state index contributed by atoms with van der Waals surface area (Å²) in [6.45, 7) is 1.06. The molecule has 8 nitrogen and oxygen atoms in total. The Kier molecular flexibility index (Phi) is 4.28. The summed E-state index contributed by atoms with van der Waals surface area (Å²) in [7, 11) is 0. The van der Waals surface area contributed by atoms with E-state index in [1.54, 1.807) is 12.4 Å². The Bertz CT molecular complexity index is 987. The average Bonchev–Trinajstić information content (AvgIpc) is 3.08. The Balaban J connectivity index is 1.60. The Labute approximate surface area is 151 Å². The molecule has 4 rings (SSSR count). The van der Waals surface area contributed by atoms with E-state index < -0.39 is 18.5 Å². The molecule has 0 radical (unpaired) electrons. The molecule has 0 saturated carbocycles. The summed E-state index contributed by atoms with van der Waals surface area (Å²) in [5.74, 6) is -0.321. The maximum atomic E-state index is 12.4. The standard InChI is InChI=1S/C16H16F3N7O/c17-16(18,19)6-12(27)22-9-2-1-5-26(8-9)15-13-10-3-4-20-14(10)24-23-11(13)7-21-25-15/h3-4,7,9,25H,1-2,5-6,8H2,(H,22,27). The molecule has 1 atom stereocenters. The highest BCUT2D eigenvalue weighted by molar-refractivity contribution is 6.08. The van der Waals surface area contributed by atoms with E-state index in [-0.39, 0.29) is 6.04 Å². The second-order valence-corrected chi connectivity index (χ2v) is 6.51. The van der Waals surface area contributed by atoms with Crippen LogP contribution in [-0.4, -0.2) is 56.6 Å². The van der Waals surface area contributed by atoms with E-state index in [1.165, 1.54) is 0 Å². The quantitative estimate of drug-likeness (QED) is 0.722. The van der Waals surface area contributed by atoms with Crippen molar-refractivity contribution in [2.75, 3.05) is 18.0 Å². The van der Waals surface area contributed by atoms with Gasteiger partial charge in [-0.15, -0.1) is 10.2 Å². The number of carbonyl (C=O) groups excluding carboxylic acids is 1. The van der Waals surface area contributed by atoms with E-state index >= 15 is 0 Å². The van der Waals surface area contributed by atoms with Gasteiger partial charge >= 0.3 is 6.18 Å². The van der Waals surface area contributed by atoms with Gasteiger partial charge in [0.05, 0.1) is 11.6 Å². The van der Waals surface area contributed by atoms with Gasteiger partial charge in [-0.25, -0.2) is 4.98 Å². The molecule has 11 heteroatoms. The molecule has 1 amide bonds. The topological polar surface area (TPSA) is 99.7 Å². The molecule has 3 aromatic rings. The summed E-state index contributed by atoms with van der Waals surface area (Å²) in [6.07, 6.45) is -1.45. The van der Waals surface area contributed by atoms with Crippen molar-refractivity contribution in [2.45, 2.75) is 31.5 Å². The first-order valence-electron chi connectivity index (χ1n) is 8.46. The Morgan fingerprint density at radius 3 is 3.04 bits per heavy atom. The van der Waals surface area contributed by atoms with Crippen LogP contribution >= 0.6 is 0 Å². The lowest BCUT2D eigenvalue weighted by atomic mass is 10.0. The van der Waals surface area contributed by atoms with Crippen LogP contribution in [0.1, 0.15) is 19.3 Å². The smallest absolute Gasteiger partial charge is 0.354 e. The molecule has 0 spiro atoms. The molecule has 0 aromatic carbocycles. The van der Waals surface area contributed by atoms with Crippen molar-refractivity contribution < 1.29 is 18.0 Å². The monoisotopic (exact) mass is 379 g/mol. The number of amides is 1. The van der Waals surface area contributed by atoms with Crippen LogP contribution in [0.2, 0.25) is 0 Å². The van der Waals surface area contributed by atoms with E-state index in [1.807, 2.05) is 11.0 Å². The van der Waals surface area contributed by atoms with E-state index in [9.17, 15) is 18.0 Å². The first kappa shape index (κ1) is 17.4. The van der Waals surface area contributed by atoms with Crippen molar-refractivity contribution in [3.05, 3.63) is 18.5 Å². The molecule has 1 saturated heterocycles. The SMILES string of the molecule is O=C(CC(F)(F)F)NC1CCCN(c2[nH]ncc3nnc4nccc4c23)C1. The number of anilines is 1. The number of carbonyl (C=O) groups is 1. The van der Waals surface area contributed by atoms with E-state index in [0.717, 1.165) is 17.2 Å². The Morgan fingerprint density at radius 2 is 2.22 bits per heavy atom. The first-order chi connectivity index (χ1) is 12.9. The zero-order chi connectivity index (χ0) is 19.0. The number of hydrogen-bond donors (Lipinski definition) is 2. The van der Waals surface area contributed by atoms with Gasteiger partial charge in [0.15, 0.2) is 5.65 Å². The number of alkyl halides is 3. The van der Waals surface area contributed by atoms with Crippen molar-refractivity contribution in [1.29, 1.82) is 0 Å². The zero-order valence-electron chi connectivity index (χ0n) is 14.1. The van der Waals surface area contributed by atoms with Crippen molar-refractivity contribution in [2.24, 2.45) is 0 Å². The van der Waals surface area contributed by atoms with Gasteiger partial charge in [-0.1, -0.05) is 0 Å². The largest absolute Gasteiger partial charge is 0.397 e. The minimum absolute atomic E-state index is 0.374. The fourth-order valence-electron chi connectivity index (χ4n) is 3.43. The number of aromatic nitrogens is 5. The van der Waals surface area contributed by atoms with Crippen molar-refractivity contribution in [3.63, 3.8) is 0 Å². The third-order valence-electron chi connectivity index (χ3n) is 4.51. The fraction of sp³-hybridized carbons (Fsp3) is 0.438. The Hall–Kier alpha value is -2.98. The zero-order valence-corrected chi connectivity index (χ0v) is 14.1. The molecular weight excluding hydrogens is 363 g/mol. The van der Waals surface area contributed by atoms with Gasteiger partial charge in [-0.2, -0.15) is 18.3 Å². The number of rotatable bonds is 3. The molecular formula is C16H16F3N7O. The van der Waals surface area contributed by atoms with Crippen molar-refractivity contribution in [3.8, 4) is 0 Å². The third kappa shape index (κ3) is 3.62. The molecule has 1 fully saturated rings. The van der Waals surface area contributed by atoms with Crippen LogP contribution < -0.4 is 10.2 Å². The lowest BCUT2D eigenvalue weighted by molar-refractivity contribution is -0.154. The van der Waals surface area contributed by atoms with E-state index in [4.69, 9.17) is 0 Å². The summed E-state index contributed by atoms with van der Waals surface area (Å²) < 4.78 is 37.2. The second-order valence-electron chi connectivity index (χ2n) is 6.51. The number of hydrogen-bond acceptors (Lipinski definition) is 6. The highest BCUT2D eigenvalue weighted by atomic mass is 19.4. The number of nitrogens with one attached hydrogen (secondary N) is 2. The van der Waals surface area contributed by atoms with Gasteiger partial charge in [-0.05, 0) is 18.9 Å². The highest BCUT2D eigenvalue weighted by Gasteiger charge is 2.33. The molecule has 27 heavy (non-hydrogen) atoms. The van der Waals surface area contributed by atoms with Crippen LogP contribution in [-0.2, 0) is 4.79 Å². The van der Waals surface area contributed by atoms with E-state index in [0.29, 0.717) is 36.5 Å². The summed E-state index contributed by atoms with van der Waals surface area (Å²) in [6, 6.07) is 1.45. The van der Waals surface area contributed by atoms with Crippen LogP contribution in [0.25, 0.3) is 21.9 Å². The van der Waals surface area contributed by atoms with Crippen LogP contribution in [0, 0.1) is 0 Å². The van der Waals surface area contributed by atoms with Crippen molar-refractivity contribution in [1.82, 2.24) is 30.7 Å². The molecule has 0 bridgehead atoms. The van der Waals surface area contributed by atoms with Crippen molar-refractivity contribution >= 4 is 33.7 Å². The van der Waals surface area contributed by atoms with Gasteiger partial charge in [0, 0.05) is 30.7 Å². The predicted octanol–water partition coefficient (Wildman–Crippen LogP) is 1.94. The number of nitrogens with zero attached hydrogens (tertiary/aromatic N) is 5. The number of piperidine rings is 1. The van der Waals surface area contributed by atoms with Gasteiger partial charge in [0.25, 0.3) is 0 Å². The third-order valence-corrected chi connectivity index (χ3v) is 4.51. The Morgan fingerprint density at radius 1 is 1.37 bits per heavy atom. The minimum Gasteiger partial charge on any atom is -0.354 e. The second kappa shape index (κ2) is 6.63. The van der Waals surface area contributed by atoms with Gasteiger partial charge in [0.1, 0.15) is 17.8 Å². The van der Waals surface area contributed by atoms with Gasteiger partial charge in [0.2, 0.25) is 5.91 Å². The molecule has 1 unspecified atom stereocenters. The van der Waals surface area contributed by atoms with Crippen LogP contribution in [0.5, 0.6) is 0 Å². The first-order valence-corrected chi connectivity index (χ1v) is 8.46. The summed E-state index contributed by atoms with van der Waals surface area (Å²) in [4.78, 5) is 17.7. The molecule has 1 aliphatic heterocycles. The molecule has 0 aliphatic carbocycles. The molecule has 142 valence electrons. The number of fused-ring (bicyclic) bond motifs is 3. The summed E-state index contributed by atoms with van der Waals surface area (Å²) in [5, 5.41) is 19.3. The van der Waals surface area contributed by atoms with Crippen LogP contribution in [0.4, 0.5) is 19.0 Å². The fourth-order valence-corrected chi connectivity index (χ4v) is 3.43. The molecule has 4 heterocycles. The summed E-state index contributed by atoms with van der Waals surface area (Å²) >= 11 is 0. The lowest BCUT2D eigenvalue weighted by Gasteiger charge is -2.34. The van der Waals surface area contributed by atoms with Gasteiger partial charge in [-0.3, -0.25) is 9.89 Å².